The second kappa shape index (κ2) is 4.01. The summed E-state index contributed by atoms with van der Waals surface area (Å²) in [6, 6.07) is 0. The minimum absolute atomic E-state index is 0.0527. The number of aromatic hydroxyl groups is 2. The highest BCUT2D eigenvalue weighted by Gasteiger charge is 2.36. The molecule has 17 heavy (non-hydrogen) atoms. The van der Waals surface area contributed by atoms with Crippen molar-refractivity contribution in [2.24, 2.45) is 0 Å². The lowest BCUT2D eigenvalue weighted by Crippen LogP contribution is -2.35. The molecule has 0 aromatic carbocycles. The monoisotopic (exact) mass is 265 g/mol. The van der Waals surface area contributed by atoms with E-state index in [-0.39, 0.29) is 24.6 Å². The van der Waals surface area contributed by atoms with Crippen molar-refractivity contribution in [2.75, 3.05) is 0 Å². The Morgan fingerprint density at radius 2 is 1.71 bits per heavy atom. The Morgan fingerprint density at radius 3 is 2.24 bits per heavy atom. The van der Waals surface area contributed by atoms with E-state index in [1.54, 1.807) is 0 Å². The van der Waals surface area contributed by atoms with Crippen molar-refractivity contribution in [1.29, 1.82) is 0 Å². The maximum absolute atomic E-state index is 10.7. The second-order valence-corrected chi connectivity index (χ2v) is 5.08. The largest absolute Gasteiger partial charge is 0.494 e. The van der Waals surface area contributed by atoms with E-state index in [4.69, 9.17) is 9.79 Å². The minimum atomic E-state index is -4.71. The molecule has 2 atom stereocenters. The molecule has 0 aliphatic heterocycles. The van der Waals surface area contributed by atoms with E-state index < -0.39 is 20.0 Å². The van der Waals surface area contributed by atoms with Gasteiger partial charge in [-0.3, -0.25) is 9.51 Å². The van der Waals surface area contributed by atoms with Gasteiger partial charge in [-0.1, -0.05) is 0 Å². The van der Waals surface area contributed by atoms with Gasteiger partial charge in [0, 0.05) is 24.0 Å². The van der Waals surface area contributed by atoms with Crippen molar-refractivity contribution in [2.45, 2.75) is 25.0 Å². The van der Waals surface area contributed by atoms with Crippen LogP contribution in [0.5, 0.6) is 11.8 Å². The maximum Gasteiger partial charge on any atom is 0.469 e. The van der Waals surface area contributed by atoms with Crippen LogP contribution in [0.2, 0.25) is 0 Å². The number of aliphatic hydroxyl groups excluding tert-OH is 1. The van der Waals surface area contributed by atoms with Gasteiger partial charge >= 0.3 is 7.82 Å². The summed E-state index contributed by atoms with van der Waals surface area (Å²) in [4.78, 5) is 19.6. The molecule has 2 rings (SSSR count). The molecule has 2 unspecified atom stereocenters. The molecule has 1 aromatic rings. The van der Waals surface area contributed by atoms with Crippen LogP contribution in [-0.4, -0.2) is 42.3 Å². The number of nitrogens with one attached hydrogen (secondary N) is 1. The Balaban J connectivity index is 2.26. The summed E-state index contributed by atoms with van der Waals surface area (Å²) in [5.41, 5.74) is 0.631. The third-order valence-electron chi connectivity index (χ3n) is 2.69. The van der Waals surface area contributed by atoms with Gasteiger partial charge in [-0.15, -0.1) is 0 Å². The number of aromatic amines is 1. The fourth-order valence-electron chi connectivity index (χ4n) is 1.95. The Kier molecular flexibility index (Phi) is 2.92. The number of phosphoric acid groups is 1. The summed E-state index contributed by atoms with van der Waals surface area (Å²) in [5, 5.41) is 28.5. The maximum atomic E-state index is 10.7. The van der Waals surface area contributed by atoms with E-state index in [1.807, 2.05) is 0 Å². The Hall–Kier alpha value is -1.05. The zero-order chi connectivity index (χ0) is 12.8. The number of aliphatic hydroxyl groups is 1. The third-order valence-corrected chi connectivity index (χ3v) is 3.24. The number of aromatic nitrogens is 1. The predicted octanol–water partition coefficient (Wildman–Crippen LogP) is -0.637. The van der Waals surface area contributed by atoms with Crippen LogP contribution in [-0.2, 0) is 21.9 Å². The number of hydrogen-bond donors (Lipinski definition) is 6. The van der Waals surface area contributed by atoms with Crippen molar-refractivity contribution in [3.8, 4) is 11.8 Å². The molecular formula is C8H12NO7P. The van der Waals surface area contributed by atoms with Crippen LogP contribution in [0.4, 0.5) is 0 Å². The molecule has 0 saturated heterocycles. The first-order valence-corrected chi connectivity index (χ1v) is 6.34. The number of fused-ring (bicyclic) bond motifs is 1. The molecule has 0 saturated carbocycles. The second-order valence-electron chi connectivity index (χ2n) is 3.89. The van der Waals surface area contributed by atoms with Gasteiger partial charge in [0.1, 0.15) is 0 Å². The van der Waals surface area contributed by atoms with Gasteiger partial charge in [0.25, 0.3) is 0 Å². The SMILES string of the molecule is O=P(O)(O)OC1Cc2c(O)[nH]c(O)c2CC1O. The summed E-state index contributed by atoms with van der Waals surface area (Å²) in [5.74, 6) is -0.546. The highest BCUT2D eigenvalue weighted by atomic mass is 31.2. The first-order chi connectivity index (χ1) is 7.78. The van der Waals surface area contributed by atoms with Crippen molar-refractivity contribution >= 4 is 7.82 Å². The van der Waals surface area contributed by atoms with E-state index in [0.29, 0.717) is 11.1 Å². The van der Waals surface area contributed by atoms with E-state index >= 15 is 0 Å². The van der Waals surface area contributed by atoms with Gasteiger partial charge < -0.3 is 25.1 Å². The fraction of sp³-hybridized carbons (Fsp3) is 0.500. The standard InChI is InChI=1S/C8H12NO7P/c10-5-1-3-4(8(12)9-7(3)11)2-6(5)16-17(13,14)15/h5-6,9-12H,1-2H2,(H2,13,14,15). The summed E-state index contributed by atoms with van der Waals surface area (Å²) < 4.78 is 15.1. The number of hydrogen-bond acceptors (Lipinski definition) is 5. The van der Waals surface area contributed by atoms with Crippen LogP contribution >= 0.6 is 7.82 Å². The molecule has 1 aliphatic rings. The number of H-pyrrole nitrogens is 1. The minimum Gasteiger partial charge on any atom is -0.494 e. The predicted molar refractivity (Wildman–Crippen MR) is 54.5 cm³/mol. The average molecular weight is 265 g/mol. The number of rotatable bonds is 2. The lowest BCUT2D eigenvalue weighted by atomic mass is 9.90. The van der Waals surface area contributed by atoms with Crippen LogP contribution in [0.3, 0.4) is 0 Å². The zero-order valence-corrected chi connectivity index (χ0v) is 9.46. The highest BCUT2D eigenvalue weighted by Crippen LogP contribution is 2.43. The van der Waals surface area contributed by atoms with Gasteiger partial charge in [-0.25, -0.2) is 4.57 Å². The van der Waals surface area contributed by atoms with Crippen LogP contribution in [0.15, 0.2) is 0 Å². The van der Waals surface area contributed by atoms with Gasteiger partial charge in [0.15, 0.2) is 11.8 Å². The summed E-state index contributed by atoms with van der Waals surface area (Å²) in [6.07, 6.45) is -2.42. The van der Waals surface area contributed by atoms with Crippen LogP contribution < -0.4 is 0 Å². The molecule has 9 heteroatoms. The highest BCUT2D eigenvalue weighted by molar-refractivity contribution is 7.46. The van der Waals surface area contributed by atoms with E-state index in [0.717, 1.165) is 0 Å². The van der Waals surface area contributed by atoms with Gasteiger partial charge in [0.2, 0.25) is 0 Å². The van der Waals surface area contributed by atoms with Crippen molar-refractivity contribution in [3.05, 3.63) is 11.1 Å². The fourth-order valence-corrected chi connectivity index (χ4v) is 2.52. The Morgan fingerprint density at radius 1 is 1.18 bits per heavy atom. The van der Waals surface area contributed by atoms with E-state index in [1.165, 1.54) is 0 Å². The molecule has 0 amide bonds. The third kappa shape index (κ3) is 2.46. The lowest BCUT2D eigenvalue weighted by Gasteiger charge is -2.27. The topological polar surface area (TPSA) is 143 Å². The smallest absolute Gasteiger partial charge is 0.469 e. The molecule has 0 radical (unpaired) electrons. The molecule has 96 valence electrons. The summed E-state index contributed by atoms with van der Waals surface area (Å²) >= 11 is 0. The Labute approximate surface area is 95.7 Å². The van der Waals surface area contributed by atoms with Crippen LogP contribution in [0.1, 0.15) is 11.1 Å². The van der Waals surface area contributed by atoms with Crippen molar-refractivity contribution < 1.29 is 34.2 Å². The molecule has 6 N–H and O–H groups in total. The molecule has 8 nitrogen and oxygen atoms in total. The van der Waals surface area contributed by atoms with Crippen LogP contribution in [0.25, 0.3) is 0 Å². The summed E-state index contributed by atoms with van der Waals surface area (Å²) in [7, 11) is -4.71. The molecule has 1 heterocycles. The van der Waals surface area contributed by atoms with Crippen molar-refractivity contribution in [1.82, 2.24) is 4.98 Å². The van der Waals surface area contributed by atoms with E-state index in [2.05, 4.69) is 9.51 Å². The zero-order valence-electron chi connectivity index (χ0n) is 8.57. The molecular weight excluding hydrogens is 253 g/mol. The molecule has 0 bridgehead atoms. The van der Waals surface area contributed by atoms with Gasteiger partial charge in [-0.2, -0.15) is 0 Å². The molecule has 1 aliphatic carbocycles. The first-order valence-electron chi connectivity index (χ1n) is 4.81. The molecule has 1 aromatic heterocycles. The average Bonchev–Trinajstić information content (AvgIpc) is 2.42. The first kappa shape index (κ1) is 12.4. The summed E-state index contributed by atoms with van der Waals surface area (Å²) in [6.45, 7) is 0. The Bertz CT molecular complexity index is 478. The lowest BCUT2D eigenvalue weighted by molar-refractivity contribution is 0.0115. The number of phosphoric ester groups is 1. The van der Waals surface area contributed by atoms with Crippen molar-refractivity contribution in [3.63, 3.8) is 0 Å². The quantitative estimate of drug-likeness (QED) is 0.390. The van der Waals surface area contributed by atoms with Crippen LogP contribution in [0, 0.1) is 0 Å². The van der Waals surface area contributed by atoms with Gasteiger partial charge in [0.05, 0.1) is 12.2 Å². The normalized spacial score (nSPS) is 24.6. The molecule has 0 fully saturated rings. The van der Waals surface area contributed by atoms with Gasteiger partial charge in [-0.05, 0) is 0 Å². The molecule has 0 spiro atoms. The van der Waals surface area contributed by atoms with E-state index in [9.17, 15) is 19.9 Å².